The molecule has 1 rings (SSSR count). The van der Waals surface area contributed by atoms with Gasteiger partial charge in [0, 0.05) is 13.2 Å². The Morgan fingerprint density at radius 2 is 2.06 bits per heavy atom. The number of aliphatic hydroxyl groups is 1. The van der Waals surface area contributed by atoms with Crippen LogP contribution in [0.2, 0.25) is 0 Å². The second kappa shape index (κ2) is 7.64. The summed E-state index contributed by atoms with van der Waals surface area (Å²) < 4.78 is 5.18. The number of hydrogen-bond acceptors (Lipinski definition) is 7. The van der Waals surface area contributed by atoms with Gasteiger partial charge in [-0.3, -0.25) is 0 Å². The number of nitrogens with two attached hydrogens (primary N) is 1. The lowest BCUT2D eigenvalue weighted by Gasteiger charge is -2.12. The molecule has 5 N–H and O–H groups in total. The van der Waals surface area contributed by atoms with Crippen molar-refractivity contribution >= 4 is 11.6 Å². The minimum absolute atomic E-state index is 0.234. The number of nitrogen functional groups attached to an aromatic ring is 1. The first-order valence-electron chi connectivity index (χ1n) is 5.53. The molecule has 1 heterocycles. The van der Waals surface area contributed by atoms with E-state index in [1.807, 2.05) is 0 Å². The van der Waals surface area contributed by atoms with E-state index >= 15 is 0 Å². The Bertz CT molecular complexity index is 334. The first kappa shape index (κ1) is 13.5. The van der Waals surface area contributed by atoms with Gasteiger partial charge in [0.2, 0.25) is 5.75 Å². The van der Waals surface area contributed by atoms with Crippen molar-refractivity contribution in [3.63, 3.8) is 0 Å². The number of aromatic nitrogens is 2. The minimum Gasteiger partial charge on any atom is -0.490 e. The van der Waals surface area contributed by atoms with E-state index in [1.165, 1.54) is 13.4 Å². The molecule has 7 nitrogen and oxygen atoms in total. The van der Waals surface area contributed by atoms with Crippen molar-refractivity contribution in [2.24, 2.45) is 5.84 Å². The zero-order valence-corrected chi connectivity index (χ0v) is 9.94. The highest BCUT2D eigenvalue weighted by Crippen LogP contribution is 2.27. The van der Waals surface area contributed by atoms with Crippen LogP contribution in [0.3, 0.4) is 0 Å². The smallest absolute Gasteiger partial charge is 0.205 e. The molecule has 0 atom stereocenters. The molecule has 96 valence electrons. The second-order valence-electron chi connectivity index (χ2n) is 3.46. The normalized spacial score (nSPS) is 10.1. The molecule has 1 aromatic rings. The summed E-state index contributed by atoms with van der Waals surface area (Å²) in [5, 5.41) is 11.8. The molecule has 0 aliphatic rings. The summed E-state index contributed by atoms with van der Waals surface area (Å²) in [7, 11) is 1.54. The number of hydrazine groups is 1. The maximum atomic E-state index is 8.65. The number of aliphatic hydroxyl groups excluding tert-OH is 1. The van der Waals surface area contributed by atoms with E-state index in [0.29, 0.717) is 17.4 Å². The minimum atomic E-state index is 0.234. The van der Waals surface area contributed by atoms with Gasteiger partial charge in [0.05, 0.1) is 7.11 Å². The van der Waals surface area contributed by atoms with Crippen LogP contribution >= 0.6 is 0 Å². The molecule has 0 bridgehead atoms. The van der Waals surface area contributed by atoms with Crippen molar-refractivity contribution in [2.45, 2.75) is 19.3 Å². The van der Waals surface area contributed by atoms with Crippen LogP contribution in [0, 0.1) is 0 Å². The molecule has 0 radical (unpaired) electrons. The SMILES string of the molecule is COc1c(NN)ncnc1NCCCCCO. The van der Waals surface area contributed by atoms with Crippen LogP contribution in [-0.2, 0) is 0 Å². The third-order valence-electron chi connectivity index (χ3n) is 2.27. The molecule has 7 heteroatoms. The van der Waals surface area contributed by atoms with Crippen LogP contribution in [0.25, 0.3) is 0 Å². The Balaban J connectivity index is 2.52. The molecule has 0 aromatic carbocycles. The maximum Gasteiger partial charge on any atom is 0.205 e. The highest BCUT2D eigenvalue weighted by molar-refractivity contribution is 5.62. The average Bonchev–Trinajstić information content (AvgIpc) is 2.38. The number of methoxy groups -OCH3 is 1. The van der Waals surface area contributed by atoms with Crippen molar-refractivity contribution < 1.29 is 9.84 Å². The summed E-state index contributed by atoms with van der Waals surface area (Å²) in [6.45, 7) is 0.995. The highest BCUT2D eigenvalue weighted by atomic mass is 16.5. The lowest BCUT2D eigenvalue weighted by molar-refractivity contribution is 0.283. The van der Waals surface area contributed by atoms with Gasteiger partial charge in [-0.05, 0) is 19.3 Å². The van der Waals surface area contributed by atoms with E-state index in [4.69, 9.17) is 15.7 Å². The molecule has 0 aliphatic carbocycles. The molecule has 0 amide bonds. The second-order valence-corrected chi connectivity index (χ2v) is 3.46. The summed E-state index contributed by atoms with van der Waals surface area (Å²) >= 11 is 0. The van der Waals surface area contributed by atoms with E-state index in [1.54, 1.807) is 0 Å². The first-order valence-corrected chi connectivity index (χ1v) is 5.53. The molecular formula is C10H19N5O2. The molecule has 0 saturated carbocycles. The van der Waals surface area contributed by atoms with Gasteiger partial charge in [-0.2, -0.15) is 0 Å². The van der Waals surface area contributed by atoms with Gasteiger partial charge in [0.1, 0.15) is 6.33 Å². The van der Waals surface area contributed by atoms with Gasteiger partial charge >= 0.3 is 0 Å². The number of unbranched alkanes of at least 4 members (excludes halogenated alkanes) is 2. The Kier molecular flexibility index (Phi) is 6.05. The van der Waals surface area contributed by atoms with Crippen molar-refractivity contribution in [2.75, 3.05) is 31.0 Å². The van der Waals surface area contributed by atoms with Gasteiger partial charge in [0.15, 0.2) is 11.6 Å². The Morgan fingerprint density at radius 3 is 2.71 bits per heavy atom. The third-order valence-corrected chi connectivity index (χ3v) is 2.27. The van der Waals surface area contributed by atoms with Crippen LogP contribution in [0.15, 0.2) is 6.33 Å². The fourth-order valence-electron chi connectivity index (χ4n) is 1.42. The Labute approximate surface area is 100 Å². The van der Waals surface area contributed by atoms with Gasteiger partial charge in [-0.1, -0.05) is 0 Å². The predicted molar refractivity (Wildman–Crippen MR) is 65.8 cm³/mol. The highest BCUT2D eigenvalue weighted by Gasteiger charge is 2.10. The maximum absolute atomic E-state index is 8.65. The Hall–Kier alpha value is -1.60. The van der Waals surface area contributed by atoms with Gasteiger partial charge < -0.3 is 20.6 Å². The standard InChI is InChI=1S/C10H19N5O2/c1-17-8-9(12-5-3-2-4-6-16)13-7-14-10(8)15-11/h7,16H,2-6,11H2,1H3,(H2,12,13,14,15). The summed E-state index contributed by atoms with van der Waals surface area (Å²) in [4.78, 5) is 8.02. The summed E-state index contributed by atoms with van der Waals surface area (Å²) in [6, 6.07) is 0. The van der Waals surface area contributed by atoms with Crippen LogP contribution in [0.4, 0.5) is 11.6 Å². The number of hydrogen-bond donors (Lipinski definition) is 4. The number of rotatable bonds is 8. The lowest BCUT2D eigenvalue weighted by atomic mass is 10.2. The molecule has 0 spiro atoms. The summed E-state index contributed by atoms with van der Waals surface area (Å²) in [6.07, 6.45) is 4.16. The van der Waals surface area contributed by atoms with Gasteiger partial charge in [-0.25, -0.2) is 15.8 Å². The molecule has 0 aliphatic heterocycles. The van der Waals surface area contributed by atoms with Crippen LogP contribution in [0.1, 0.15) is 19.3 Å². The number of ether oxygens (including phenoxy) is 1. The van der Waals surface area contributed by atoms with Crippen LogP contribution in [-0.4, -0.2) is 35.3 Å². The zero-order chi connectivity index (χ0) is 12.5. The quantitative estimate of drug-likeness (QED) is 0.295. The van der Waals surface area contributed by atoms with Crippen LogP contribution < -0.4 is 21.3 Å². The first-order chi connectivity index (χ1) is 8.33. The topological polar surface area (TPSA) is 105 Å². The molecule has 0 fully saturated rings. The molecule has 0 saturated heterocycles. The fourth-order valence-corrected chi connectivity index (χ4v) is 1.42. The van der Waals surface area contributed by atoms with E-state index in [-0.39, 0.29) is 6.61 Å². The fraction of sp³-hybridized carbons (Fsp3) is 0.600. The number of nitrogens with one attached hydrogen (secondary N) is 2. The van der Waals surface area contributed by atoms with Crippen molar-refractivity contribution in [3.8, 4) is 5.75 Å². The Morgan fingerprint density at radius 1 is 1.29 bits per heavy atom. The van der Waals surface area contributed by atoms with Crippen LogP contribution in [0.5, 0.6) is 5.75 Å². The van der Waals surface area contributed by atoms with Crippen molar-refractivity contribution in [1.82, 2.24) is 9.97 Å². The van der Waals surface area contributed by atoms with Crippen molar-refractivity contribution in [3.05, 3.63) is 6.33 Å². The predicted octanol–water partition coefficient (Wildman–Crippen LogP) is 0.345. The van der Waals surface area contributed by atoms with Gasteiger partial charge in [-0.15, -0.1) is 0 Å². The number of anilines is 2. The lowest BCUT2D eigenvalue weighted by Crippen LogP contribution is -2.13. The van der Waals surface area contributed by atoms with E-state index in [9.17, 15) is 0 Å². The van der Waals surface area contributed by atoms with E-state index < -0.39 is 0 Å². The summed E-state index contributed by atoms with van der Waals surface area (Å²) in [5.74, 6) is 6.87. The summed E-state index contributed by atoms with van der Waals surface area (Å²) in [5.41, 5.74) is 2.45. The van der Waals surface area contributed by atoms with Gasteiger partial charge in [0.25, 0.3) is 0 Å². The molecule has 0 unspecified atom stereocenters. The monoisotopic (exact) mass is 241 g/mol. The molecule has 17 heavy (non-hydrogen) atoms. The molecular weight excluding hydrogens is 222 g/mol. The molecule has 1 aromatic heterocycles. The van der Waals surface area contributed by atoms with Crippen molar-refractivity contribution in [1.29, 1.82) is 0 Å². The van der Waals surface area contributed by atoms with E-state index in [2.05, 4.69) is 20.7 Å². The third kappa shape index (κ3) is 4.04. The average molecular weight is 241 g/mol. The van der Waals surface area contributed by atoms with E-state index in [0.717, 1.165) is 25.8 Å². The zero-order valence-electron chi connectivity index (χ0n) is 9.94. The largest absolute Gasteiger partial charge is 0.490 e. The number of nitrogens with zero attached hydrogens (tertiary/aromatic N) is 2.